The minimum absolute atomic E-state index is 0.0624. The zero-order valence-corrected chi connectivity index (χ0v) is 13.7. The molecule has 0 radical (unpaired) electrons. The number of sulfonamides is 1. The maximum absolute atomic E-state index is 12.8. The van der Waals surface area contributed by atoms with E-state index in [-0.39, 0.29) is 6.04 Å². The average Bonchev–Trinajstić information content (AvgIpc) is 2.75. The lowest BCUT2D eigenvalue weighted by Gasteiger charge is -2.26. The van der Waals surface area contributed by atoms with E-state index in [1.54, 1.807) is 32.4 Å². The normalized spacial score (nSPS) is 20.3. The van der Waals surface area contributed by atoms with Gasteiger partial charge in [-0.2, -0.15) is 4.31 Å². The van der Waals surface area contributed by atoms with Gasteiger partial charge in [0.05, 0.1) is 12.0 Å². The number of methoxy groups -OCH3 is 1. The third-order valence-electron chi connectivity index (χ3n) is 4.10. The molecule has 2 rings (SSSR count). The van der Waals surface area contributed by atoms with Crippen molar-refractivity contribution in [2.45, 2.75) is 37.1 Å². The Morgan fingerprint density at radius 1 is 1.29 bits per heavy atom. The standard InChI is InChI=1S/C15H24N2O3S/c1-12-11-14(6-7-15(12)20-3)21(18,19)17(2)13-5-4-9-16-10-8-13/h6-7,11,13,16H,4-5,8-10H2,1-3H3. The topological polar surface area (TPSA) is 58.6 Å². The second-order valence-corrected chi connectivity index (χ2v) is 7.48. The molecule has 0 aliphatic carbocycles. The molecule has 0 saturated carbocycles. The molecule has 0 spiro atoms. The summed E-state index contributed by atoms with van der Waals surface area (Å²) in [5.74, 6) is 0.704. The van der Waals surface area contributed by atoms with Crippen molar-refractivity contribution in [1.82, 2.24) is 9.62 Å². The Hall–Kier alpha value is -1.11. The predicted molar refractivity (Wildman–Crippen MR) is 83.2 cm³/mol. The van der Waals surface area contributed by atoms with Gasteiger partial charge in [-0.15, -0.1) is 0 Å². The maximum atomic E-state index is 12.8. The fourth-order valence-electron chi connectivity index (χ4n) is 2.74. The predicted octanol–water partition coefficient (Wildman–Crippen LogP) is 1.77. The van der Waals surface area contributed by atoms with E-state index in [1.807, 2.05) is 6.92 Å². The van der Waals surface area contributed by atoms with Crippen molar-refractivity contribution in [3.63, 3.8) is 0 Å². The lowest BCUT2D eigenvalue weighted by Crippen LogP contribution is -2.37. The first kappa shape index (κ1) is 16.3. The van der Waals surface area contributed by atoms with Crippen LogP contribution in [0.25, 0.3) is 0 Å². The van der Waals surface area contributed by atoms with Crippen LogP contribution in [-0.4, -0.2) is 46.0 Å². The van der Waals surface area contributed by atoms with E-state index in [4.69, 9.17) is 4.74 Å². The molecule has 5 nitrogen and oxygen atoms in total. The van der Waals surface area contributed by atoms with Crippen LogP contribution in [0.3, 0.4) is 0 Å². The minimum Gasteiger partial charge on any atom is -0.496 e. The van der Waals surface area contributed by atoms with Gasteiger partial charge in [0.2, 0.25) is 10.0 Å². The van der Waals surface area contributed by atoms with Gasteiger partial charge in [-0.05, 0) is 63.0 Å². The molecule has 1 aromatic rings. The van der Waals surface area contributed by atoms with Gasteiger partial charge in [0.1, 0.15) is 5.75 Å². The summed E-state index contributed by atoms with van der Waals surface area (Å²) < 4.78 is 32.2. The van der Waals surface area contributed by atoms with Gasteiger partial charge >= 0.3 is 0 Å². The molecule has 1 aliphatic heterocycles. The van der Waals surface area contributed by atoms with Crippen molar-refractivity contribution in [3.8, 4) is 5.75 Å². The first-order valence-electron chi connectivity index (χ1n) is 7.30. The van der Waals surface area contributed by atoms with E-state index in [9.17, 15) is 8.42 Å². The lowest BCUT2D eigenvalue weighted by atomic mass is 10.1. The van der Waals surface area contributed by atoms with Crippen molar-refractivity contribution in [2.75, 3.05) is 27.2 Å². The van der Waals surface area contributed by atoms with Crippen molar-refractivity contribution in [3.05, 3.63) is 23.8 Å². The van der Waals surface area contributed by atoms with Crippen molar-refractivity contribution < 1.29 is 13.2 Å². The molecule has 1 fully saturated rings. The first-order chi connectivity index (χ1) is 9.96. The quantitative estimate of drug-likeness (QED) is 0.920. The number of nitrogens with one attached hydrogen (secondary N) is 1. The molecule has 0 aromatic heterocycles. The minimum atomic E-state index is -3.45. The van der Waals surface area contributed by atoms with Crippen LogP contribution >= 0.6 is 0 Å². The molecule has 0 amide bonds. The van der Waals surface area contributed by atoms with E-state index in [1.165, 1.54) is 4.31 Å². The number of rotatable bonds is 4. The lowest BCUT2D eigenvalue weighted by molar-refractivity contribution is 0.341. The fraction of sp³-hybridized carbons (Fsp3) is 0.600. The zero-order chi connectivity index (χ0) is 15.5. The van der Waals surface area contributed by atoms with Crippen LogP contribution in [-0.2, 0) is 10.0 Å². The molecule has 21 heavy (non-hydrogen) atoms. The molecule has 0 bridgehead atoms. The Kier molecular flexibility index (Phi) is 5.24. The zero-order valence-electron chi connectivity index (χ0n) is 12.9. The molecular formula is C15H24N2O3S. The van der Waals surface area contributed by atoms with E-state index < -0.39 is 10.0 Å². The highest BCUT2D eigenvalue weighted by molar-refractivity contribution is 7.89. The monoisotopic (exact) mass is 312 g/mol. The maximum Gasteiger partial charge on any atom is 0.243 e. The fourth-order valence-corrected chi connectivity index (χ4v) is 4.24. The molecule has 118 valence electrons. The third kappa shape index (κ3) is 3.56. The Bertz CT molecular complexity index is 579. The summed E-state index contributed by atoms with van der Waals surface area (Å²) in [4.78, 5) is 0.334. The number of hydrogen-bond acceptors (Lipinski definition) is 4. The Labute approximate surface area is 127 Å². The molecule has 1 saturated heterocycles. The van der Waals surface area contributed by atoms with Gasteiger partial charge in [0.15, 0.2) is 0 Å². The number of aryl methyl sites for hydroxylation is 1. The highest BCUT2D eigenvalue weighted by atomic mass is 32.2. The Morgan fingerprint density at radius 3 is 2.71 bits per heavy atom. The van der Waals surface area contributed by atoms with E-state index >= 15 is 0 Å². The van der Waals surface area contributed by atoms with Crippen LogP contribution in [0.15, 0.2) is 23.1 Å². The molecule has 1 atom stereocenters. The van der Waals surface area contributed by atoms with Crippen LogP contribution < -0.4 is 10.1 Å². The largest absolute Gasteiger partial charge is 0.496 e. The molecule has 1 aromatic carbocycles. The van der Waals surface area contributed by atoms with Gasteiger partial charge in [0, 0.05) is 13.1 Å². The van der Waals surface area contributed by atoms with Gasteiger partial charge < -0.3 is 10.1 Å². The summed E-state index contributed by atoms with van der Waals surface area (Å²) in [6.07, 6.45) is 2.76. The highest BCUT2D eigenvalue weighted by Crippen LogP contribution is 2.25. The number of benzene rings is 1. The average molecular weight is 312 g/mol. The van der Waals surface area contributed by atoms with Crippen LogP contribution in [0, 0.1) is 6.92 Å². The van der Waals surface area contributed by atoms with E-state index in [0.717, 1.165) is 37.9 Å². The smallest absolute Gasteiger partial charge is 0.243 e. The molecule has 1 unspecified atom stereocenters. The van der Waals surface area contributed by atoms with Crippen molar-refractivity contribution in [1.29, 1.82) is 0 Å². The summed E-state index contributed by atoms with van der Waals surface area (Å²) in [6.45, 7) is 3.69. The van der Waals surface area contributed by atoms with Crippen LogP contribution in [0.5, 0.6) is 5.75 Å². The van der Waals surface area contributed by atoms with E-state index in [2.05, 4.69) is 5.32 Å². The molecule has 1 aliphatic rings. The molecular weight excluding hydrogens is 288 g/mol. The van der Waals surface area contributed by atoms with Gasteiger partial charge in [-0.1, -0.05) is 0 Å². The van der Waals surface area contributed by atoms with Crippen molar-refractivity contribution in [2.24, 2.45) is 0 Å². The van der Waals surface area contributed by atoms with Crippen LogP contribution in [0.2, 0.25) is 0 Å². The molecule has 1 heterocycles. The second kappa shape index (κ2) is 6.77. The second-order valence-electron chi connectivity index (χ2n) is 5.49. The summed E-state index contributed by atoms with van der Waals surface area (Å²) in [5.41, 5.74) is 0.828. The highest BCUT2D eigenvalue weighted by Gasteiger charge is 2.28. The number of hydrogen-bond donors (Lipinski definition) is 1. The summed E-state index contributed by atoms with van der Waals surface area (Å²) >= 11 is 0. The van der Waals surface area contributed by atoms with E-state index in [0.29, 0.717) is 10.6 Å². The summed E-state index contributed by atoms with van der Waals surface area (Å²) in [6, 6.07) is 5.07. The summed E-state index contributed by atoms with van der Waals surface area (Å²) in [5, 5.41) is 3.31. The molecule has 1 N–H and O–H groups in total. The van der Waals surface area contributed by atoms with Gasteiger partial charge in [0.25, 0.3) is 0 Å². The van der Waals surface area contributed by atoms with Gasteiger partial charge in [-0.25, -0.2) is 8.42 Å². The number of ether oxygens (including phenoxy) is 1. The number of nitrogens with zero attached hydrogens (tertiary/aromatic N) is 1. The van der Waals surface area contributed by atoms with Crippen LogP contribution in [0.1, 0.15) is 24.8 Å². The Morgan fingerprint density at radius 2 is 2.05 bits per heavy atom. The van der Waals surface area contributed by atoms with Crippen molar-refractivity contribution >= 4 is 10.0 Å². The van der Waals surface area contributed by atoms with Crippen LogP contribution in [0.4, 0.5) is 0 Å². The molecule has 6 heteroatoms. The SMILES string of the molecule is COc1ccc(S(=O)(=O)N(C)C2CCCNCC2)cc1C. The summed E-state index contributed by atoms with van der Waals surface area (Å²) in [7, 11) is -0.182. The van der Waals surface area contributed by atoms with Gasteiger partial charge in [-0.3, -0.25) is 0 Å². The Balaban J connectivity index is 2.25. The first-order valence-corrected chi connectivity index (χ1v) is 8.74. The third-order valence-corrected chi connectivity index (χ3v) is 6.01.